The van der Waals surface area contributed by atoms with E-state index in [1.807, 2.05) is 0 Å². The first kappa shape index (κ1) is 10.5. The lowest BCUT2D eigenvalue weighted by Crippen LogP contribution is -2.40. The summed E-state index contributed by atoms with van der Waals surface area (Å²) in [6.07, 6.45) is 0. The molecule has 0 aliphatic carbocycles. The second-order valence-electron chi connectivity index (χ2n) is 3.86. The number of hydrogen-bond acceptors (Lipinski definition) is 4. The molecule has 0 amide bonds. The number of ether oxygens (including phenoxy) is 1. The summed E-state index contributed by atoms with van der Waals surface area (Å²) in [6.45, 7) is 0. The predicted octanol–water partition coefficient (Wildman–Crippen LogP) is -0.106. The van der Waals surface area contributed by atoms with Crippen molar-refractivity contribution in [2.45, 2.75) is 0 Å². The molecule has 0 saturated heterocycles. The standard InChI is InChI=1S/C11H10N4O3/c1-18-6-4-2-3-5-7(6)8-9(13-5)10(16)15(12)11(17)14-8/h2-4,13H,12H2,1H3,(H,14,17). The summed E-state index contributed by atoms with van der Waals surface area (Å²) in [6, 6.07) is 5.33. The molecule has 0 radical (unpaired) electrons. The van der Waals surface area contributed by atoms with Crippen LogP contribution in [0.4, 0.5) is 0 Å². The van der Waals surface area contributed by atoms with Gasteiger partial charge in [0.05, 0.1) is 23.5 Å². The molecule has 7 nitrogen and oxygen atoms in total. The van der Waals surface area contributed by atoms with Gasteiger partial charge in [0.15, 0.2) is 0 Å². The average Bonchev–Trinajstić information content (AvgIpc) is 2.75. The Morgan fingerprint density at radius 2 is 2.00 bits per heavy atom. The van der Waals surface area contributed by atoms with Crippen molar-refractivity contribution < 1.29 is 4.74 Å². The third kappa shape index (κ3) is 1.18. The van der Waals surface area contributed by atoms with E-state index < -0.39 is 11.2 Å². The van der Waals surface area contributed by atoms with Gasteiger partial charge < -0.3 is 20.5 Å². The van der Waals surface area contributed by atoms with Gasteiger partial charge >= 0.3 is 5.69 Å². The lowest BCUT2D eigenvalue weighted by molar-refractivity contribution is 0.420. The number of aromatic nitrogens is 3. The number of nitrogens with one attached hydrogen (secondary N) is 2. The van der Waals surface area contributed by atoms with Crippen LogP contribution in [0.2, 0.25) is 0 Å². The highest BCUT2D eigenvalue weighted by molar-refractivity contribution is 6.07. The fourth-order valence-electron chi connectivity index (χ4n) is 2.05. The lowest BCUT2D eigenvalue weighted by atomic mass is 10.2. The molecule has 18 heavy (non-hydrogen) atoms. The molecule has 3 aromatic rings. The lowest BCUT2D eigenvalue weighted by Gasteiger charge is -2.01. The second-order valence-corrected chi connectivity index (χ2v) is 3.86. The maximum Gasteiger partial charge on any atom is 0.347 e. The number of rotatable bonds is 1. The van der Waals surface area contributed by atoms with Crippen LogP contribution in [-0.4, -0.2) is 21.8 Å². The van der Waals surface area contributed by atoms with E-state index in [4.69, 9.17) is 10.6 Å². The second kappa shape index (κ2) is 3.39. The smallest absolute Gasteiger partial charge is 0.347 e. The number of nitrogens with zero attached hydrogens (tertiary/aromatic N) is 1. The molecule has 0 aliphatic rings. The molecule has 0 fully saturated rings. The number of fused-ring (bicyclic) bond motifs is 3. The zero-order valence-corrected chi connectivity index (χ0v) is 9.48. The third-order valence-electron chi connectivity index (χ3n) is 2.89. The zero-order chi connectivity index (χ0) is 12.9. The number of benzene rings is 1. The van der Waals surface area contributed by atoms with Gasteiger partial charge in [-0.05, 0) is 12.1 Å². The predicted molar refractivity (Wildman–Crippen MR) is 67.4 cm³/mol. The van der Waals surface area contributed by atoms with Crippen molar-refractivity contribution in [1.82, 2.24) is 14.6 Å². The number of methoxy groups -OCH3 is 1. The minimum absolute atomic E-state index is 0.247. The van der Waals surface area contributed by atoms with E-state index in [0.717, 1.165) is 0 Å². The average molecular weight is 246 g/mol. The van der Waals surface area contributed by atoms with Crippen LogP contribution in [0.25, 0.3) is 21.9 Å². The Hall–Kier alpha value is -2.70. The van der Waals surface area contributed by atoms with Crippen molar-refractivity contribution in [2.75, 3.05) is 13.0 Å². The van der Waals surface area contributed by atoms with E-state index in [1.165, 1.54) is 7.11 Å². The molecular weight excluding hydrogens is 236 g/mol. The summed E-state index contributed by atoms with van der Waals surface area (Å²) in [5, 5.41) is 0.657. The van der Waals surface area contributed by atoms with E-state index in [-0.39, 0.29) is 5.52 Å². The molecule has 0 unspecified atom stereocenters. The molecule has 0 spiro atoms. The molecule has 7 heteroatoms. The zero-order valence-electron chi connectivity index (χ0n) is 9.48. The van der Waals surface area contributed by atoms with Gasteiger partial charge in [-0.25, -0.2) is 4.79 Å². The maximum atomic E-state index is 11.9. The molecule has 92 valence electrons. The Balaban J connectivity index is 2.67. The number of aromatic amines is 2. The van der Waals surface area contributed by atoms with Crippen molar-refractivity contribution in [3.63, 3.8) is 0 Å². The summed E-state index contributed by atoms with van der Waals surface area (Å²) < 4.78 is 5.75. The van der Waals surface area contributed by atoms with Crippen LogP contribution < -0.4 is 21.8 Å². The molecular formula is C11H10N4O3. The Bertz CT molecular complexity index is 871. The van der Waals surface area contributed by atoms with Crippen LogP contribution in [0, 0.1) is 0 Å². The molecule has 2 aromatic heterocycles. The Kier molecular flexibility index (Phi) is 1.97. The van der Waals surface area contributed by atoms with Crippen LogP contribution in [0.3, 0.4) is 0 Å². The first-order valence-corrected chi connectivity index (χ1v) is 5.22. The Labute approximate surface area is 99.8 Å². The summed E-state index contributed by atoms with van der Waals surface area (Å²) in [5.74, 6) is 5.92. The van der Waals surface area contributed by atoms with Gasteiger partial charge in [0.2, 0.25) is 0 Å². The van der Waals surface area contributed by atoms with Gasteiger partial charge in [0, 0.05) is 0 Å². The molecule has 2 heterocycles. The molecule has 1 aromatic carbocycles. The third-order valence-corrected chi connectivity index (χ3v) is 2.89. The van der Waals surface area contributed by atoms with E-state index in [2.05, 4.69) is 9.97 Å². The topological polar surface area (TPSA) is 106 Å². The van der Waals surface area contributed by atoms with Gasteiger partial charge in [-0.2, -0.15) is 4.68 Å². The molecule has 0 bridgehead atoms. The van der Waals surface area contributed by atoms with E-state index in [0.29, 0.717) is 26.8 Å². The summed E-state index contributed by atoms with van der Waals surface area (Å²) in [4.78, 5) is 28.9. The van der Waals surface area contributed by atoms with E-state index in [9.17, 15) is 9.59 Å². The maximum absolute atomic E-state index is 11.9. The quantitative estimate of drug-likeness (QED) is 0.521. The number of nitrogen functional groups attached to an aromatic ring is 1. The van der Waals surface area contributed by atoms with Crippen LogP contribution in [0.15, 0.2) is 27.8 Å². The summed E-state index contributed by atoms with van der Waals surface area (Å²) >= 11 is 0. The Morgan fingerprint density at radius 3 is 2.72 bits per heavy atom. The first-order valence-electron chi connectivity index (χ1n) is 5.22. The summed E-state index contributed by atoms with van der Waals surface area (Å²) in [7, 11) is 1.52. The molecule has 4 N–H and O–H groups in total. The van der Waals surface area contributed by atoms with Crippen molar-refractivity contribution in [3.05, 3.63) is 39.0 Å². The number of nitrogens with two attached hydrogens (primary N) is 1. The highest BCUT2D eigenvalue weighted by atomic mass is 16.5. The fraction of sp³-hybridized carbons (Fsp3) is 0.0909. The first-order chi connectivity index (χ1) is 8.63. The normalized spacial score (nSPS) is 11.2. The number of H-pyrrole nitrogens is 2. The monoisotopic (exact) mass is 246 g/mol. The van der Waals surface area contributed by atoms with Crippen LogP contribution in [0.1, 0.15) is 0 Å². The molecule has 3 rings (SSSR count). The van der Waals surface area contributed by atoms with Crippen molar-refractivity contribution in [1.29, 1.82) is 0 Å². The van der Waals surface area contributed by atoms with E-state index >= 15 is 0 Å². The molecule has 0 atom stereocenters. The van der Waals surface area contributed by atoms with E-state index in [1.54, 1.807) is 18.2 Å². The highest BCUT2D eigenvalue weighted by Crippen LogP contribution is 2.29. The highest BCUT2D eigenvalue weighted by Gasteiger charge is 2.14. The number of hydrogen-bond donors (Lipinski definition) is 3. The largest absolute Gasteiger partial charge is 0.496 e. The van der Waals surface area contributed by atoms with Crippen molar-refractivity contribution in [3.8, 4) is 5.75 Å². The van der Waals surface area contributed by atoms with Gasteiger partial charge in [-0.1, -0.05) is 6.07 Å². The minimum atomic E-state index is -0.667. The van der Waals surface area contributed by atoms with Crippen LogP contribution in [0.5, 0.6) is 5.75 Å². The van der Waals surface area contributed by atoms with Gasteiger partial charge in [0.1, 0.15) is 11.3 Å². The SMILES string of the molecule is COc1cccc2[nH]c3c(=O)n(N)c(=O)[nH]c3c12. The van der Waals surface area contributed by atoms with Crippen molar-refractivity contribution >= 4 is 21.9 Å². The Morgan fingerprint density at radius 1 is 1.22 bits per heavy atom. The molecule has 0 aliphatic heterocycles. The van der Waals surface area contributed by atoms with Crippen LogP contribution >= 0.6 is 0 Å². The molecule has 0 saturated carbocycles. The summed E-state index contributed by atoms with van der Waals surface area (Å²) in [5.41, 5.74) is 0.102. The van der Waals surface area contributed by atoms with Crippen LogP contribution in [-0.2, 0) is 0 Å². The van der Waals surface area contributed by atoms with Gasteiger partial charge in [-0.15, -0.1) is 0 Å². The fourth-order valence-corrected chi connectivity index (χ4v) is 2.05. The van der Waals surface area contributed by atoms with Gasteiger partial charge in [-0.3, -0.25) is 4.79 Å². The minimum Gasteiger partial charge on any atom is -0.496 e. The van der Waals surface area contributed by atoms with Gasteiger partial charge in [0.25, 0.3) is 5.56 Å². The van der Waals surface area contributed by atoms with Crippen molar-refractivity contribution in [2.24, 2.45) is 0 Å².